The molecule has 0 atom stereocenters. The molecule has 0 spiro atoms. The molecule has 3 aliphatic rings. The molecule has 3 N–H and O–H groups in total. The quantitative estimate of drug-likeness (QED) is 0.634. The van der Waals surface area contributed by atoms with Crippen molar-refractivity contribution >= 4 is 17.9 Å². The van der Waals surface area contributed by atoms with Crippen LogP contribution in [0.5, 0.6) is 0 Å². The number of carbonyl (C=O) groups is 3. The maximum absolute atomic E-state index is 10.4. The number of rotatable bonds is 3. The molecule has 3 saturated carbocycles. The van der Waals surface area contributed by atoms with Crippen LogP contribution in [0.15, 0.2) is 0 Å². The lowest BCUT2D eigenvalue weighted by Crippen LogP contribution is -2.16. The van der Waals surface area contributed by atoms with Crippen LogP contribution in [0.1, 0.15) is 96.3 Å². The highest BCUT2D eigenvalue weighted by molar-refractivity contribution is 5.70. The molecular formula is C21H36O6. The van der Waals surface area contributed by atoms with Gasteiger partial charge >= 0.3 is 17.9 Å². The first-order valence-electron chi connectivity index (χ1n) is 10.6. The van der Waals surface area contributed by atoms with Crippen LogP contribution < -0.4 is 0 Å². The third-order valence-corrected chi connectivity index (χ3v) is 5.86. The molecule has 0 aromatic carbocycles. The normalized spacial score (nSPS) is 21.8. The first kappa shape index (κ1) is 23.4. The van der Waals surface area contributed by atoms with E-state index < -0.39 is 17.9 Å². The molecule has 0 unspecified atom stereocenters. The molecule has 3 rings (SSSR count). The summed E-state index contributed by atoms with van der Waals surface area (Å²) in [5.41, 5.74) is 0. The van der Waals surface area contributed by atoms with Gasteiger partial charge in [-0.1, -0.05) is 57.8 Å². The van der Waals surface area contributed by atoms with Crippen molar-refractivity contribution in [1.82, 2.24) is 0 Å². The van der Waals surface area contributed by atoms with Gasteiger partial charge in [-0.15, -0.1) is 0 Å². The van der Waals surface area contributed by atoms with E-state index in [4.69, 9.17) is 15.3 Å². The van der Waals surface area contributed by atoms with E-state index in [0.717, 1.165) is 77.0 Å². The predicted octanol–water partition coefficient (Wildman–Crippen LogP) is 4.95. The van der Waals surface area contributed by atoms with E-state index in [1.54, 1.807) is 0 Å². The van der Waals surface area contributed by atoms with Crippen molar-refractivity contribution in [2.75, 3.05) is 0 Å². The zero-order valence-electron chi connectivity index (χ0n) is 16.4. The van der Waals surface area contributed by atoms with Crippen LogP contribution >= 0.6 is 0 Å². The van der Waals surface area contributed by atoms with Gasteiger partial charge in [0.25, 0.3) is 0 Å². The van der Waals surface area contributed by atoms with Gasteiger partial charge in [0.1, 0.15) is 0 Å². The Bertz CT molecular complexity index is 377. The molecule has 0 amide bonds. The van der Waals surface area contributed by atoms with Crippen LogP contribution in [0, 0.1) is 17.8 Å². The van der Waals surface area contributed by atoms with Gasteiger partial charge in [-0.3, -0.25) is 14.4 Å². The second kappa shape index (κ2) is 13.6. The summed E-state index contributed by atoms with van der Waals surface area (Å²) in [5.74, 6) is -1.89. The lowest BCUT2D eigenvalue weighted by Gasteiger charge is -2.16. The van der Waals surface area contributed by atoms with Crippen molar-refractivity contribution in [3.05, 3.63) is 0 Å². The summed E-state index contributed by atoms with van der Waals surface area (Å²) in [4.78, 5) is 31.1. The van der Waals surface area contributed by atoms with E-state index in [9.17, 15) is 14.4 Å². The molecule has 156 valence electrons. The van der Waals surface area contributed by atoms with Crippen LogP contribution in [0.4, 0.5) is 0 Å². The first-order chi connectivity index (χ1) is 12.9. The summed E-state index contributed by atoms with van der Waals surface area (Å²) in [6.07, 6.45) is 15.7. The molecule has 6 nitrogen and oxygen atoms in total. The highest BCUT2D eigenvalue weighted by Crippen LogP contribution is 2.24. The van der Waals surface area contributed by atoms with Crippen molar-refractivity contribution < 1.29 is 29.7 Å². The van der Waals surface area contributed by atoms with Crippen LogP contribution in [0.25, 0.3) is 0 Å². The number of hydrogen-bond acceptors (Lipinski definition) is 3. The minimum absolute atomic E-state index is 0.0289. The highest BCUT2D eigenvalue weighted by Gasteiger charge is 2.20. The average Bonchev–Trinajstić information content (AvgIpc) is 2.71. The van der Waals surface area contributed by atoms with Gasteiger partial charge in [-0.05, 0) is 38.5 Å². The lowest BCUT2D eigenvalue weighted by molar-refractivity contribution is -0.143. The van der Waals surface area contributed by atoms with Gasteiger partial charge in [0.2, 0.25) is 0 Å². The minimum Gasteiger partial charge on any atom is -0.481 e. The number of aliphatic carboxylic acids is 3. The average molecular weight is 385 g/mol. The Morgan fingerprint density at radius 2 is 0.593 bits per heavy atom. The summed E-state index contributed by atoms with van der Waals surface area (Å²) >= 11 is 0. The predicted molar refractivity (Wildman–Crippen MR) is 103 cm³/mol. The van der Waals surface area contributed by atoms with Crippen molar-refractivity contribution in [1.29, 1.82) is 0 Å². The Morgan fingerprint density at radius 3 is 0.704 bits per heavy atom. The fraction of sp³-hybridized carbons (Fsp3) is 0.857. The summed E-state index contributed by atoms with van der Waals surface area (Å²) in [6.45, 7) is 0. The number of carboxylic acid groups (broad SMARTS) is 3. The smallest absolute Gasteiger partial charge is 0.306 e. The summed E-state index contributed by atoms with van der Waals surface area (Å²) in [5, 5.41) is 25.6. The summed E-state index contributed by atoms with van der Waals surface area (Å²) < 4.78 is 0. The Kier molecular flexibility index (Phi) is 11.8. The monoisotopic (exact) mass is 384 g/mol. The molecule has 3 fully saturated rings. The molecule has 0 saturated heterocycles. The van der Waals surface area contributed by atoms with Crippen LogP contribution in [0.3, 0.4) is 0 Å². The van der Waals surface area contributed by atoms with E-state index >= 15 is 0 Å². The van der Waals surface area contributed by atoms with Gasteiger partial charge in [-0.25, -0.2) is 0 Å². The molecule has 0 heterocycles. The standard InChI is InChI=1S/3C7H12O2/c3*8-7(9)6-4-2-1-3-5-6/h3*6H,1-5H2,(H,8,9). The SMILES string of the molecule is O=C(O)C1CCCCC1.O=C(O)C1CCCCC1.O=C(O)C1CCCCC1. The first-order valence-corrected chi connectivity index (χ1v) is 10.6. The maximum Gasteiger partial charge on any atom is 0.306 e. The second-order valence-corrected chi connectivity index (χ2v) is 8.02. The zero-order valence-corrected chi connectivity index (χ0v) is 16.4. The van der Waals surface area contributed by atoms with Crippen molar-refractivity contribution in [2.24, 2.45) is 17.8 Å². The molecule has 6 heteroatoms. The summed E-state index contributed by atoms with van der Waals surface area (Å²) in [7, 11) is 0. The largest absolute Gasteiger partial charge is 0.481 e. The lowest BCUT2D eigenvalue weighted by atomic mass is 9.90. The molecule has 0 bridgehead atoms. The third kappa shape index (κ3) is 10.4. The Labute approximate surface area is 162 Å². The highest BCUT2D eigenvalue weighted by atomic mass is 16.4. The van der Waals surface area contributed by atoms with Gasteiger partial charge in [0, 0.05) is 0 Å². The molecular weight excluding hydrogens is 348 g/mol. The molecule has 27 heavy (non-hydrogen) atoms. The van der Waals surface area contributed by atoms with Gasteiger partial charge in [0.05, 0.1) is 17.8 Å². The van der Waals surface area contributed by atoms with E-state index in [0.29, 0.717) is 0 Å². The van der Waals surface area contributed by atoms with Crippen LogP contribution in [-0.2, 0) is 14.4 Å². The van der Waals surface area contributed by atoms with E-state index in [-0.39, 0.29) is 17.8 Å². The van der Waals surface area contributed by atoms with E-state index in [1.807, 2.05) is 0 Å². The van der Waals surface area contributed by atoms with E-state index in [2.05, 4.69) is 0 Å². The van der Waals surface area contributed by atoms with Gasteiger partial charge < -0.3 is 15.3 Å². The third-order valence-electron chi connectivity index (χ3n) is 5.86. The van der Waals surface area contributed by atoms with Gasteiger partial charge in [-0.2, -0.15) is 0 Å². The number of hydrogen-bond donors (Lipinski definition) is 3. The van der Waals surface area contributed by atoms with E-state index in [1.165, 1.54) is 19.3 Å². The Morgan fingerprint density at radius 1 is 0.407 bits per heavy atom. The van der Waals surface area contributed by atoms with Crippen molar-refractivity contribution in [3.8, 4) is 0 Å². The van der Waals surface area contributed by atoms with Gasteiger partial charge in [0.15, 0.2) is 0 Å². The maximum atomic E-state index is 10.4. The molecule has 0 aromatic rings. The Hall–Kier alpha value is -1.59. The van der Waals surface area contributed by atoms with Crippen LogP contribution in [-0.4, -0.2) is 33.2 Å². The van der Waals surface area contributed by atoms with Crippen molar-refractivity contribution in [3.63, 3.8) is 0 Å². The molecule has 0 aromatic heterocycles. The topological polar surface area (TPSA) is 112 Å². The fourth-order valence-electron chi connectivity index (χ4n) is 4.05. The fourth-order valence-corrected chi connectivity index (χ4v) is 4.05. The molecule has 3 aliphatic carbocycles. The van der Waals surface area contributed by atoms with Crippen LogP contribution in [0.2, 0.25) is 0 Å². The Balaban J connectivity index is 0.000000202. The van der Waals surface area contributed by atoms with Crippen molar-refractivity contribution in [2.45, 2.75) is 96.3 Å². The minimum atomic E-state index is -0.602. The molecule has 0 aliphatic heterocycles. The number of carboxylic acids is 3. The molecule has 0 radical (unpaired) electrons. The summed E-state index contributed by atoms with van der Waals surface area (Å²) in [6, 6.07) is 0. The zero-order chi connectivity index (χ0) is 20.1. The second-order valence-electron chi connectivity index (χ2n) is 8.02.